The number of hydrogen-bond donors (Lipinski definition) is 1. The van der Waals surface area contributed by atoms with Gasteiger partial charge in [-0.05, 0) is 37.6 Å². The van der Waals surface area contributed by atoms with Gasteiger partial charge < -0.3 is 10.1 Å². The van der Waals surface area contributed by atoms with Crippen molar-refractivity contribution in [2.45, 2.75) is 13.8 Å². The molecule has 0 atom stereocenters. The van der Waals surface area contributed by atoms with Gasteiger partial charge in [0, 0.05) is 22.3 Å². The van der Waals surface area contributed by atoms with Crippen LogP contribution in [0.15, 0.2) is 34.8 Å². The summed E-state index contributed by atoms with van der Waals surface area (Å²) in [5.41, 5.74) is 2.52. The second-order valence-electron chi connectivity index (χ2n) is 3.64. The number of hydrogen-bond acceptors (Lipinski definition) is 3. The summed E-state index contributed by atoms with van der Waals surface area (Å²) in [6.45, 7) is 8.23. The lowest BCUT2D eigenvalue weighted by Gasteiger charge is -2.11. The molecule has 4 heteroatoms. The third-order valence-corrected chi connectivity index (χ3v) is 2.74. The van der Waals surface area contributed by atoms with E-state index in [1.165, 1.54) is 0 Å². The molecule has 92 valence electrons. The number of ether oxygens (including phenoxy) is 1. The number of carbonyl (C=O) groups is 1. The highest BCUT2D eigenvalue weighted by Gasteiger charge is 2.07. The predicted molar refractivity (Wildman–Crippen MR) is 73.1 cm³/mol. The first-order valence-corrected chi connectivity index (χ1v) is 6.18. The highest BCUT2D eigenvalue weighted by Crippen LogP contribution is 2.20. The van der Waals surface area contributed by atoms with Crippen LogP contribution in [-0.2, 0) is 9.53 Å². The SMILES string of the molecule is C=C(CNc1ccc(Br)cc1C)C(=O)OCC. The van der Waals surface area contributed by atoms with E-state index in [2.05, 4.69) is 27.8 Å². The molecule has 0 radical (unpaired) electrons. The predicted octanol–water partition coefficient (Wildman–Crippen LogP) is 3.29. The Bertz CT molecular complexity index is 429. The van der Waals surface area contributed by atoms with E-state index in [0.29, 0.717) is 18.7 Å². The lowest BCUT2D eigenvalue weighted by Crippen LogP contribution is -2.15. The van der Waals surface area contributed by atoms with Gasteiger partial charge in [-0.2, -0.15) is 0 Å². The first-order valence-electron chi connectivity index (χ1n) is 5.39. The van der Waals surface area contributed by atoms with Crippen molar-refractivity contribution in [3.8, 4) is 0 Å². The van der Waals surface area contributed by atoms with Gasteiger partial charge in [0.15, 0.2) is 0 Å². The average molecular weight is 298 g/mol. The number of nitrogens with one attached hydrogen (secondary N) is 1. The number of carbonyl (C=O) groups excluding carboxylic acids is 1. The van der Waals surface area contributed by atoms with Crippen LogP contribution in [0.25, 0.3) is 0 Å². The number of benzene rings is 1. The summed E-state index contributed by atoms with van der Waals surface area (Å²) >= 11 is 3.40. The van der Waals surface area contributed by atoms with E-state index >= 15 is 0 Å². The first-order chi connectivity index (χ1) is 8.04. The van der Waals surface area contributed by atoms with Crippen molar-refractivity contribution in [3.05, 3.63) is 40.4 Å². The molecule has 17 heavy (non-hydrogen) atoms. The minimum atomic E-state index is -0.352. The summed E-state index contributed by atoms with van der Waals surface area (Å²) in [6.07, 6.45) is 0. The summed E-state index contributed by atoms with van der Waals surface area (Å²) in [5, 5.41) is 3.16. The second-order valence-corrected chi connectivity index (χ2v) is 4.55. The van der Waals surface area contributed by atoms with E-state index in [4.69, 9.17) is 4.74 Å². The van der Waals surface area contributed by atoms with Gasteiger partial charge >= 0.3 is 5.97 Å². The average Bonchev–Trinajstić information content (AvgIpc) is 2.27. The van der Waals surface area contributed by atoms with Crippen molar-refractivity contribution in [1.82, 2.24) is 0 Å². The van der Waals surface area contributed by atoms with Crippen LogP contribution in [0.5, 0.6) is 0 Å². The van der Waals surface area contributed by atoms with Crippen LogP contribution in [0.3, 0.4) is 0 Å². The molecule has 1 aromatic carbocycles. The van der Waals surface area contributed by atoms with Crippen LogP contribution in [0.2, 0.25) is 0 Å². The van der Waals surface area contributed by atoms with Crippen molar-refractivity contribution in [1.29, 1.82) is 0 Å². The summed E-state index contributed by atoms with van der Waals surface area (Å²) < 4.78 is 5.89. The van der Waals surface area contributed by atoms with E-state index in [1.54, 1.807) is 6.92 Å². The van der Waals surface area contributed by atoms with E-state index in [-0.39, 0.29) is 5.97 Å². The van der Waals surface area contributed by atoms with Crippen molar-refractivity contribution in [2.75, 3.05) is 18.5 Å². The van der Waals surface area contributed by atoms with Gasteiger partial charge in [0.05, 0.1) is 6.61 Å². The fourth-order valence-electron chi connectivity index (χ4n) is 1.33. The van der Waals surface area contributed by atoms with Crippen molar-refractivity contribution < 1.29 is 9.53 Å². The number of halogens is 1. The van der Waals surface area contributed by atoms with Crippen LogP contribution in [0.4, 0.5) is 5.69 Å². The first kappa shape index (κ1) is 13.8. The molecule has 1 rings (SSSR count). The molecule has 0 spiro atoms. The third kappa shape index (κ3) is 4.23. The fourth-order valence-corrected chi connectivity index (χ4v) is 1.81. The minimum Gasteiger partial charge on any atom is -0.463 e. The Hall–Kier alpha value is -1.29. The molecule has 1 N–H and O–H groups in total. The smallest absolute Gasteiger partial charge is 0.335 e. The summed E-state index contributed by atoms with van der Waals surface area (Å²) in [6, 6.07) is 5.91. The zero-order chi connectivity index (χ0) is 12.8. The number of esters is 1. The Kier molecular flexibility index (Phi) is 5.22. The summed E-state index contributed by atoms with van der Waals surface area (Å²) in [7, 11) is 0. The number of aryl methyl sites for hydroxylation is 1. The van der Waals surface area contributed by atoms with Crippen molar-refractivity contribution in [2.24, 2.45) is 0 Å². The van der Waals surface area contributed by atoms with Gasteiger partial charge in [-0.15, -0.1) is 0 Å². The minimum absolute atomic E-state index is 0.352. The third-order valence-electron chi connectivity index (χ3n) is 2.24. The molecule has 0 saturated heterocycles. The van der Waals surface area contributed by atoms with E-state index in [9.17, 15) is 4.79 Å². The van der Waals surface area contributed by atoms with Gasteiger partial charge in [0.25, 0.3) is 0 Å². The molecule has 0 unspecified atom stereocenters. The van der Waals surface area contributed by atoms with Crippen LogP contribution in [-0.4, -0.2) is 19.1 Å². The largest absolute Gasteiger partial charge is 0.463 e. The Labute approximate surface area is 110 Å². The van der Waals surface area contributed by atoms with Crippen LogP contribution >= 0.6 is 15.9 Å². The molecule has 0 aromatic heterocycles. The Morgan fingerprint density at radius 3 is 2.82 bits per heavy atom. The lowest BCUT2D eigenvalue weighted by molar-refractivity contribution is -0.138. The molecule has 0 aliphatic carbocycles. The molecule has 0 saturated carbocycles. The van der Waals surface area contributed by atoms with Crippen molar-refractivity contribution >= 4 is 27.6 Å². The zero-order valence-corrected chi connectivity index (χ0v) is 11.6. The van der Waals surface area contributed by atoms with Gasteiger partial charge in [-0.25, -0.2) is 4.79 Å². The molecule has 0 aliphatic rings. The molecule has 3 nitrogen and oxygen atoms in total. The molecule has 0 heterocycles. The molecule has 0 bridgehead atoms. The molecule has 0 fully saturated rings. The summed E-state index contributed by atoms with van der Waals surface area (Å²) in [4.78, 5) is 11.3. The molecular formula is C13H16BrNO2. The summed E-state index contributed by atoms with van der Waals surface area (Å²) in [5.74, 6) is -0.352. The van der Waals surface area contributed by atoms with Crippen molar-refractivity contribution in [3.63, 3.8) is 0 Å². The Balaban J connectivity index is 2.56. The van der Waals surface area contributed by atoms with Gasteiger partial charge in [-0.1, -0.05) is 22.5 Å². The van der Waals surface area contributed by atoms with E-state index < -0.39 is 0 Å². The van der Waals surface area contributed by atoms with Gasteiger partial charge in [0.2, 0.25) is 0 Å². The molecule has 1 aromatic rings. The van der Waals surface area contributed by atoms with E-state index in [1.807, 2.05) is 25.1 Å². The fraction of sp³-hybridized carbons (Fsp3) is 0.308. The highest BCUT2D eigenvalue weighted by atomic mass is 79.9. The van der Waals surface area contributed by atoms with Crippen LogP contribution in [0, 0.1) is 6.92 Å². The van der Waals surface area contributed by atoms with Crippen LogP contribution < -0.4 is 5.32 Å². The molecule has 0 amide bonds. The highest BCUT2D eigenvalue weighted by molar-refractivity contribution is 9.10. The second kappa shape index (κ2) is 6.45. The molecule has 0 aliphatic heterocycles. The van der Waals surface area contributed by atoms with Gasteiger partial charge in [-0.3, -0.25) is 0 Å². The monoisotopic (exact) mass is 297 g/mol. The Morgan fingerprint density at radius 2 is 2.24 bits per heavy atom. The van der Waals surface area contributed by atoms with Gasteiger partial charge in [0.1, 0.15) is 0 Å². The zero-order valence-electron chi connectivity index (χ0n) is 10.0. The maximum Gasteiger partial charge on any atom is 0.335 e. The molecular weight excluding hydrogens is 282 g/mol. The lowest BCUT2D eigenvalue weighted by atomic mass is 10.2. The normalized spacial score (nSPS) is 9.82. The maximum atomic E-state index is 11.3. The number of rotatable bonds is 5. The van der Waals surface area contributed by atoms with E-state index in [0.717, 1.165) is 15.7 Å². The number of anilines is 1. The standard InChI is InChI=1S/C13H16BrNO2/c1-4-17-13(16)10(3)8-15-12-6-5-11(14)7-9(12)2/h5-7,15H,3-4,8H2,1-2H3. The quantitative estimate of drug-likeness (QED) is 0.669. The Morgan fingerprint density at radius 1 is 1.53 bits per heavy atom. The van der Waals surface area contributed by atoms with Crippen LogP contribution in [0.1, 0.15) is 12.5 Å². The topological polar surface area (TPSA) is 38.3 Å². The maximum absolute atomic E-state index is 11.3.